The molecule has 1 aromatic heterocycles. The molecule has 1 amide bonds. The van der Waals surface area contributed by atoms with Crippen molar-refractivity contribution in [3.63, 3.8) is 0 Å². The molecule has 1 aliphatic heterocycles. The molecule has 0 spiro atoms. The predicted octanol–water partition coefficient (Wildman–Crippen LogP) is 2.06. The fourth-order valence-electron chi connectivity index (χ4n) is 4.02. The zero-order valence-electron chi connectivity index (χ0n) is 14.5. The number of hydrogen-bond donors (Lipinski definition) is 1. The van der Waals surface area contributed by atoms with Gasteiger partial charge in [-0.15, -0.1) is 0 Å². The van der Waals surface area contributed by atoms with Gasteiger partial charge in [-0.25, -0.2) is 0 Å². The quantitative estimate of drug-likeness (QED) is 0.918. The van der Waals surface area contributed by atoms with Gasteiger partial charge in [0.2, 0.25) is 5.91 Å². The van der Waals surface area contributed by atoms with E-state index < -0.39 is 0 Å². The van der Waals surface area contributed by atoms with Gasteiger partial charge in [0.15, 0.2) is 0 Å². The lowest BCUT2D eigenvalue weighted by Crippen LogP contribution is -2.49. The summed E-state index contributed by atoms with van der Waals surface area (Å²) in [6.07, 6.45) is 2.74. The highest BCUT2D eigenvalue weighted by molar-refractivity contribution is 5.88. The molecule has 0 radical (unpaired) electrons. The van der Waals surface area contributed by atoms with E-state index in [2.05, 4.69) is 34.0 Å². The van der Waals surface area contributed by atoms with Crippen molar-refractivity contribution in [2.45, 2.75) is 19.3 Å². The van der Waals surface area contributed by atoms with Crippen molar-refractivity contribution in [3.8, 4) is 5.75 Å². The van der Waals surface area contributed by atoms with Gasteiger partial charge in [0.1, 0.15) is 5.75 Å². The van der Waals surface area contributed by atoms with Gasteiger partial charge in [0.25, 0.3) is 0 Å². The number of benzene rings is 1. The van der Waals surface area contributed by atoms with E-state index in [1.807, 2.05) is 6.07 Å². The molecule has 5 nitrogen and oxygen atoms in total. The second-order valence-corrected chi connectivity index (χ2v) is 7.06. The van der Waals surface area contributed by atoms with Crippen LogP contribution >= 0.6 is 0 Å². The number of carbonyl (C=O) groups is 1. The molecular formula is C19H25N3O2. The molecule has 0 saturated carbocycles. The number of ether oxygens (including phenoxy) is 1. The first-order valence-corrected chi connectivity index (χ1v) is 8.80. The first-order chi connectivity index (χ1) is 11.7. The number of rotatable bonds is 2. The number of nitrogens with zero attached hydrogens (tertiary/aromatic N) is 2. The Kier molecular flexibility index (Phi) is 3.96. The van der Waals surface area contributed by atoms with Crippen molar-refractivity contribution in [1.82, 2.24) is 14.8 Å². The molecule has 5 heteroatoms. The Balaban J connectivity index is 1.57. The molecule has 1 N–H and O–H groups in total. The smallest absolute Gasteiger partial charge is 0.226 e. The molecule has 0 bridgehead atoms. The van der Waals surface area contributed by atoms with Gasteiger partial charge >= 0.3 is 0 Å². The second-order valence-electron chi connectivity index (χ2n) is 7.06. The Bertz CT molecular complexity index is 759. The van der Waals surface area contributed by atoms with Gasteiger partial charge < -0.3 is 19.5 Å². The fraction of sp³-hybridized carbons (Fsp3) is 0.526. The highest BCUT2D eigenvalue weighted by Gasteiger charge is 2.31. The summed E-state index contributed by atoms with van der Waals surface area (Å²) in [5.41, 5.74) is 3.75. The Morgan fingerprint density at radius 3 is 2.79 bits per heavy atom. The van der Waals surface area contributed by atoms with Gasteiger partial charge in [-0.05, 0) is 50.1 Å². The van der Waals surface area contributed by atoms with Gasteiger partial charge in [-0.3, -0.25) is 4.79 Å². The van der Waals surface area contributed by atoms with Crippen molar-refractivity contribution in [1.29, 1.82) is 0 Å². The van der Waals surface area contributed by atoms with Gasteiger partial charge in [-0.1, -0.05) is 0 Å². The van der Waals surface area contributed by atoms with E-state index in [1.54, 1.807) is 7.11 Å². The maximum Gasteiger partial charge on any atom is 0.226 e. The topological polar surface area (TPSA) is 48.6 Å². The molecule has 2 aliphatic rings. The van der Waals surface area contributed by atoms with Crippen LogP contribution < -0.4 is 4.74 Å². The average molecular weight is 327 g/mol. The summed E-state index contributed by atoms with van der Waals surface area (Å²) in [7, 11) is 3.81. The lowest BCUT2D eigenvalue weighted by atomic mass is 9.85. The third-order valence-electron chi connectivity index (χ3n) is 5.56. The number of hydrogen-bond acceptors (Lipinski definition) is 3. The van der Waals surface area contributed by atoms with E-state index in [4.69, 9.17) is 4.74 Å². The maximum atomic E-state index is 12.9. The highest BCUT2D eigenvalue weighted by Crippen LogP contribution is 2.34. The van der Waals surface area contributed by atoms with E-state index in [1.165, 1.54) is 16.6 Å². The molecule has 1 fully saturated rings. The average Bonchev–Trinajstić information content (AvgIpc) is 2.98. The zero-order chi connectivity index (χ0) is 16.7. The van der Waals surface area contributed by atoms with Crippen LogP contribution in [-0.4, -0.2) is 61.0 Å². The lowest BCUT2D eigenvalue weighted by molar-refractivity contribution is -0.137. The molecule has 128 valence electrons. The van der Waals surface area contributed by atoms with Crippen molar-refractivity contribution >= 4 is 16.8 Å². The van der Waals surface area contributed by atoms with Crippen LogP contribution in [0.3, 0.4) is 0 Å². The van der Waals surface area contributed by atoms with Gasteiger partial charge in [0.05, 0.1) is 7.11 Å². The van der Waals surface area contributed by atoms with E-state index in [-0.39, 0.29) is 5.92 Å². The molecule has 1 atom stereocenters. The monoisotopic (exact) mass is 327 g/mol. The first kappa shape index (κ1) is 15.5. The molecule has 1 aromatic carbocycles. The zero-order valence-corrected chi connectivity index (χ0v) is 14.5. The summed E-state index contributed by atoms with van der Waals surface area (Å²) < 4.78 is 5.37. The van der Waals surface area contributed by atoms with E-state index in [9.17, 15) is 4.79 Å². The number of amides is 1. The number of aromatic amines is 1. The summed E-state index contributed by atoms with van der Waals surface area (Å²) in [6, 6.07) is 6.15. The minimum Gasteiger partial charge on any atom is -0.497 e. The number of carbonyl (C=O) groups excluding carboxylic acids is 1. The molecular weight excluding hydrogens is 302 g/mol. The van der Waals surface area contributed by atoms with E-state index in [0.717, 1.165) is 56.7 Å². The molecule has 1 aliphatic carbocycles. The predicted molar refractivity (Wildman–Crippen MR) is 94.4 cm³/mol. The number of aryl methyl sites for hydroxylation is 1. The number of piperazine rings is 1. The lowest BCUT2D eigenvalue weighted by Gasteiger charge is -2.35. The van der Waals surface area contributed by atoms with Crippen molar-refractivity contribution < 1.29 is 9.53 Å². The Labute approximate surface area is 142 Å². The summed E-state index contributed by atoms with van der Waals surface area (Å²) in [4.78, 5) is 20.8. The van der Waals surface area contributed by atoms with Crippen molar-refractivity contribution in [2.75, 3.05) is 40.3 Å². The van der Waals surface area contributed by atoms with Crippen LogP contribution in [-0.2, 0) is 17.6 Å². The number of fused-ring (bicyclic) bond motifs is 3. The largest absolute Gasteiger partial charge is 0.497 e. The summed E-state index contributed by atoms with van der Waals surface area (Å²) in [5, 5.41) is 1.21. The molecule has 24 heavy (non-hydrogen) atoms. The van der Waals surface area contributed by atoms with Gasteiger partial charge in [-0.2, -0.15) is 0 Å². The van der Waals surface area contributed by atoms with Crippen LogP contribution in [0.25, 0.3) is 10.9 Å². The van der Waals surface area contributed by atoms with Crippen LogP contribution in [0.4, 0.5) is 0 Å². The Hall–Kier alpha value is -2.01. The number of nitrogens with one attached hydrogen (secondary N) is 1. The van der Waals surface area contributed by atoms with Crippen LogP contribution in [0.15, 0.2) is 18.2 Å². The number of likely N-dealkylation sites (N-methyl/N-ethyl adjacent to an activating group) is 1. The third-order valence-corrected chi connectivity index (χ3v) is 5.56. The number of aromatic nitrogens is 1. The normalized spacial score (nSPS) is 21.8. The summed E-state index contributed by atoms with van der Waals surface area (Å²) in [5.74, 6) is 1.33. The molecule has 1 saturated heterocycles. The minimum absolute atomic E-state index is 0.117. The summed E-state index contributed by atoms with van der Waals surface area (Å²) >= 11 is 0. The summed E-state index contributed by atoms with van der Waals surface area (Å²) in [6.45, 7) is 3.68. The van der Waals surface area contributed by atoms with Crippen molar-refractivity contribution in [2.24, 2.45) is 5.92 Å². The molecule has 2 aromatic rings. The Morgan fingerprint density at radius 1 is 1.25 bits per heavy atom. The van der Waals surface area contributed by atoms with Crippen molar-refractivity contribution in [3.05, 3.63) is 29.5 Å². The number of H-pyrrole nitrogens is 1. The van der Waals surface area contributed by atoms with E-state index in [0.29, 0.717) is 5.91 Å². The SMILES string of the molecule is COc1ccc2[nH]c3c(c2c1)CC(C(=O)N1CCN(C)CC1)CC3. The molecule has 2 heterocycles. The highest BCUT2D eigenvalue weighted by atomic mass is 16.5. The number of methoxy groups -OCH3 is 1. The standard InChI is InChI=1S/C19H25N3O2/c1-21-7-9-22(10-8-21)19(23)13-3-5-17-15(11-13)16-12-14(24-2)4-6-18(16)20-17/h4,6,12-13,20H,3,5,7-11H2,1-2H3. The molecule has 4 rings (SSSR count). The van der Waals surface area contributed by atoms with Crippen LogP contribution in [0.2, 0.25) is 0 Å². The fourth-order valence-corrected chi connectivity index (χ4v) is 4.02. The minimum atomic E-state index is 0.117. The van der Waals surface area contributed by atoms with E-state index >= 15 is 0 Å². The maximum absolute atomic E-state index is 12.9. The molecule has 1 unspecified atom stereocenters. The second kappa shape index (κ2) is 6.13. The third kappa shape index (κ3) is 2.67. The first-order valence-electron chi connectivity index (χ1n) is 8.80. The van der Waals surface area contributed by atoms with Crippen LogP contribution in [0.5, 0.6) is 5.75 Å². The Morgan fingerprint density at radius 2 is 2.04 bits per heavy atom. The van der Waals surface area contributed by atoms with Crippen LogP contribution in [0.1, 0.15) is 17.7 Å². The van der Waals surface area contributed by atoms with Gasteiger partial charge in [0, 0.05) is 48.7 Å². The van der Waals surface area contributed by atoms with Crippen LogP contribution in [0, 0.1) is 5.92 Å².